The van der Waals surface area contributed by atoms with Gasteiger partial charge in [-0.3, -0.25) is 14.7 Å². The fraction of sp³-hybridized carbons (Fsp3) is 0.174. The second-order valence-corrected chi connectivity index (χ2v) is 7.76. The summed E-state index contributed by atoms with van der Waals surface area (Å²) in [5.41, 5.74) is 3.72. The van der Waals surface area contributed by atoms with Crippen molar-refractivity contribution in [2.45, 2.75) is 19.5 Å². The standard InChI is InChI=1S/C23H19ClN4O/c24-18-6-4-15(5-7-18)22-26-21-14-28(11-9-20(21)23(29)27-22)13-17-3-1-2-16-12-25-10-8-19(16)17/h1-8,10,12H,9,11,13-14H2,(H,26,27,29). The van der Waals surface area contributed by atoms with Crippen LogP contribution < -0.4 is 5.56 Å². The molecule has 2 aromatic heterocycles. The van der Waals surface area contributed by atoms with Gasteiger partial charge in [0, 0.05) is 53.6 Å². The summed E-state index contributed by atoms with van der Waals surface area (Å²) in [5, 5.41) is 3.02. The molecular formula is C23H19ClN4O. The smallest absolute Gasteiger partial charge is 0.254 e. The molecule has 0 amide bonds. The largest absolute Gasteiger partial charge is 0.306 e. The third-order valence-electron chi connectivity index (χ3n) is 5.44. The fourth-order valence-electron chi connectivity index (χ4n) is 3.94. The van der Waals surface area contributed by atoms with Gasteiger partial charge in [-0.05, 0) is 47.7 Å². The highest BCUT2D eigenvalue weighted by atomic mass is 35.5. The van der Waals surface area contributed by atoms with E-state index >= 15 is 0 Å². The molecule has 29 heavy (non-hydrogen) atoms. The maximum atomic E-state index is 12.6. The molecule has 1 aliphatic heterocycles. The lowest BCUT2D eigenvalue weighted by molar-refractivity contribution is 0.241. The maximum Gasteiger partial charge on any atom is 0.254 e. The van der Waals surface area contributed by atoms with Crippen molar-refractivity contribution in [3.05, 3.63) is 93.1 Å². The van der Waals surface area contributed by atoms with Crippen LogP contribution in [-0.4, -0.2) is 26.4 Å². The van der Waals surface area contributed by atoms with E-state index in [-0.39, 0.29) is 5.56 Å². The number of pyridine rings is 1. The lowest BCUT2D eigenvalue weighted by atomic mass is 10.0. The molecule has 0 atom stereocenters. The van der Waals surface area contributed by atoms with Crippen LogP contribution in [0, 0.1) is 0 Å². The minimum absolute atomic E-state index is 0.0455. The Bertz CT molecular complexity index is 1240. The van der Waals surface area contributed by atoms with E-state index in [1.807, 2.05) is 24.5 Å². The first-order valence-electron chi connectivity index (χ1n) is 9.59. The lowest BCUT2D eigenvalue weighted by Crippen LogP contribution is -2.35. The summed E-state index contributed by atoms with van der Waals surface area (Å²) in [6.45, 7) is 2.30. The summed E-state index contributed by atoms with van der Waals surface area (Å²) in [4.78, 5) is 26.9. The molecule has 3 heterocycles. The predicted molar refractivity (Wildman–Crippen MR) is 115 cm³/mol. The molecule has 2 aromatic carbocycles. The second-order valence-electron chi connectivity index (χ2n) is 7.32. The van der Waals surface area contributed by atoms with E-state index in [0.717, 1.165) is 35.3 Å². The molecule has 6 heteroatoms. The number of nitrogens with one attached hydrogen (secondary N) is 1. The zero-order valence-corrected chi connectivity index (χ0v) is 16.5. The molecular weight excluding hydrogens is 384 g/mol. The van der Waals surface area contributed by atoms with Crippen molar-refractivity contribution in [3.8, 4) is 11.4 Å². The number of hydrogen-bond acceptors (Lipinski definition) is 4. The summed E-state index contributed by atoms with van der Waals surface area (Å²) < 4.78 is 0. The van der Waals surface area contributed by atoms with Crippen molar-refractivity contribution in [3.63, 3.8) is 0 Å². The van der Waals surface area contributed by atoms with E-state index in [2.05, 4.69) is 39.1 Å². The van der Waals surface area contributed by atoms with E-state index in [9.17, 15) is 4.79 Å². The molecule has 0 saturated carbocycles. The first-order valence-corrected chi connectivity index (χ1v) is 9.97. The SMILES string of the molecule is O=c1[nH]c(-c2ccc(Cl)cc2)nc2c1CCN(Cc1cccc3cnccc13)C2. The van der Waals surface area contributed by atoms with Gasteiger partial charge in [0.1, 0.15) is 5.82 Å². The molecule has 0 unspecified atom stereocenters. The lowest BCUT2D eigenvalue weighted by Gasteiger charge is -2.28. The molecule has 0 saturated heterocycles. The van der Waals surface area contributed by atoms with Gasteiger partial charge in [-0.2, -0.15) is 0 Å². The van der Waals surface area contributed by atoms with Gasteiger partial charge in [-0.15, -0.1) is 0 Å². The molecule has 0 aliphatic carbocycles. The quantitative estimate of drug-likeness (QED) is 0.558. The highest BCUT2D eigenvalue weighted by molar-refractivity contribution is 6.30. The van der Waals surface area contributed by atoms with Crippen LogP contribution in [0.3, 0.4) is 0 Å². The summed E-state index contributed by atoms with van der Waals surface area (Å²) in [6.07, 6.45) is 4.42. The van der Waals surface area contributed by atoms with Gasteiger partial charge in [0.05, 0.1) is 5.69 Å². The Morgan fingerprint density at radius 2 is 1.97 bits per heavy atom. The van der Waals surface area contributed by atoms with Gasteiger partial charge >= 0.3 is 0 Å². The third-order valence-corrected chi connectivity index (χ3v) is 5.69. The van der Waals surface area contributed by atoms with E-state index in [0.29, 0.717) is 23.8 Å². The van der Waals surface area contributed by atoms with Gasteiger partial charge in [0.25, 0.3) is 5.56 Å². The van der Waals surface area contributed by atoms with E-state index < -0.39 is 0 Å². The van der Waals surface area contributed by atoms with Crippen LogP contribution >= 0.6 is 11.6 Å². The second kappa shape index (κ2) is 7.43. The van der Waals surface area contributed by atoms with Crippen molar-refractivity contribution in [2.24, 2.45) is 0 Å². The normalized spacial score (nSPS) is 14.1. The van der Waals surface area contributed by atoms with Crippen LogP contribution in [0.25, 0.3) is 22.2 Å². The van der Waals surface area contributed by atoms with E-state index in [1.54, 1.807) is 12.1 Å². The number of aromatic amines is 1. The van der Waals surface area contributed by atoms with Crippen molar-refractivity contribution < 1.29 is 0 Å². The topological polar surface area (TPSA) is 61.9 Å². The van der Waals surface area contributed by atoms with Gasteiger partial charge in [0.15, 0.2) is 0 Å². The Balaban J connectivity index is 1.45. The van der Waals surface area contributed by atoms with Crippen LogP contribution in [0.15, 0.2) is 65.7 Å². The van der Waals surface area contributed by atoms with Crippen molar-refractivity contribution >= 4 is 22.4 Å². The number of fused-ring (bicyclic) bond motifs is 2. The molecule has 144 valence electrons. The number of halogens is 1. The Morgan fingerprint density at radius 1 is 1.10 bits per heavy atom. The maximum absolute atomic E-state index is 12.6. The summed E-state index contributed by atoms with van der Waals surface area (Å²) in [6, 6.07) is 15.7. The summed E-state index contributed by atoms with van der Waals surface area (Å²) in [7, 11) is 0. The zero-order chi connectivity index (χ0) is 19.8. The Labute approximate surface area is 173 Å². The molecule has 4 aromatic rings. The molecule has 5 nitrogen and oxygen atoms in total. The molecule has 1 N–H and O–H groups in total. The van der Waals surface area contributed by atoms with Crippen LogP contribution in [0.5, 0.6) is 0 Å². The third kappa shape index (κ3) is 3.55. The average Bonchev–Trinajstić information content (AvgIpc) is 2.74. The van der Waals surface area contributed by atoms with Crippen LogP contribution in [0.4, 0.5) is 0 Å². The summed E-state index contributed by atoms with van der Waals surface area (Å²) >= 11 is 5.98. The minimum Gasteiger partial charge on any atom is -0.306 e. The molecule has 0 radical (unpaired) electrons. The van der Waals surface area contributed by atoms with E-state index in [1.165, 1.54) is 10.9 Å². The van der Waals surface area contributed by atoms with E-state index in [4.69, 9.17) is 16.6 Å². The first-order chi connectivity index (χ1) is 14.2. The number of hydrogen-bond donors (Lipinski definition) is 1. The number of rotatable bonds is 3. The van der Waals surface area contributed by atoms with Gasteiger partial charge in [0.2, 0.25) is 0 Å². The van der Waals surface area contributed by atoms with Crippen molar-refractivity contribution in [1.82, 2.24) is 19.9 Å². The van der Waals surface area contributed by atoms with Gasteiger partial charge < -0.3 is 4.98 Å². The Morgan fingerprint density at radius 3 is 2.83 bits per heavy atom. The number of aromatic nitrogens is 3. The van der Waals surface area contributed by atoms with Crippen LogP contribution in [0.1, 0.15) is 16.8 Å². The first kappa shape index (κ1) is 18.0. The molecule has 0 spiro atoms. The average molecular weight is 403 g/mol. The van der Waals surface area contributed by atoms with Crippen LogP contribution in [-0.2, 0) is 19.5 Å². The van der Waals surface area contributed by atoms with Gasteiger partial charge in [-0.1, -0.05) is 29.8 Å². The fourth-order valence-corrected chi connectivity index (χ4v) is 4.07. The Kier molecular flexibility index (Phi) is 4.62. The minimum atomic E-state index is -0.0455. The highest BCUT2D eigenvalue weighted by Gasteiger charge is 2.22. The number of H-pyrrole nitrogens is 1. The molecule has 5 rings (SSSR count). The summed E-state index contributed by atoms with van der Waals surface area (Å²) in [5.74, 6) is 0.587. The van der Waals surface area contributed by atoms with Crippen molar-refractivity contribution in [2.75, 3.05) is 6.54 Å². The monoisotopic (exact) mass is 402 g/mol. The molecule has 0 fully saturated rings. The highest BCUT2D eigenvalue weighted by Crippen LogP contribution is 2.24. The molecule has 0 bridgehead atoms. The van der Waals surface area contributed by atoms with Crippen molar-refractivity contribution in [1.29, 1.82) is 0 Å². The molecule has 1 aliphatic rings. The predicted octanol–water partition coefficient (Wildman–Crippen LogP) is 4.20. The number of benzene rings is 2. The Hall–Kier alpha value is -3.02. The van der Waals surface area contributed by atoms with Gasteiger partial charge in [-0.25, -0.2) is 4.98 Å². The zero-order valence-electron chi connectivity index (χ0n) is 15.7. The number of nitrogens with zero attached hydrogens (tertiary/aromatic N) is 3. The van der Waals surface area contributed by atoms with Crippen LogP contribution in [0.2, 0.25) is 5.02 Å².